The lowest BCUT2D eigenvalue weighted by atomic mass is 10.2. The Morgan fingerprint density at radius 1 is 0.862 bits per heavy atom. The van der Waals surface area contributed by atoms with Gasteiger partial charge in [-0.1, -0.05) is 35.5 Å². The number of aromatic nitrogens is 3. The molecule has 0 unspecified atom stereocenters. The Labute approximate surface area is 177 Å². The standard InChI is InChI=1S/C21H21N5OS2/c1-2-4-16(5-3-1)21-22-18(15-29-21)12-25-7-9-26(10-8-25)13-19-23-20(24-27-19)17-6-11-28-14-17/h1-6,11,14-15H,7-10,12-13H2. The third-order valence-electron chi connectivity index (χ3n) is 5.03. The molecule has 0 atom stereocenters. The molecule has 0 bridgehead atoms. The summed E-state index contributed by atoms with van der Waals surface area (Å²) in [4.78, 5) is 14.2. The highest BCUT2D eigenvalue weighted by atomic mass is 32.1. The topological polar surface area (TPSA) is 58.3 Å². The van der Waals surface area contributed by atoms with Gasteiger partial charge in [-0.3, -0.25) is 9.80 Å². The van der Waals surface area contributed by atoms with Crippen molar-refractivity contribution < 1.29 is 4.52 Å². The van der Waals surface area contributed by atoms with Gasteiger partial charge in [0, 0.05) is 54.6 Å². The number of nitrogens with zero attached hydrogens (tertiary/aromatic N) is 5. The maximum Gasteiger partial charge on any atom is 0.241 e. The summed E-state index contributed by atoms with van der Waals surface area (Å²) in [5.74, 6) is 1.37. The lowest BCUT2D eigenvalue weighted by Crippen LogP contribution is -2.45. The minimum atomic E-state index is 0.678. The number of thiophene rings is 1. The average molecular weight is 424 g/mol. The molecule has 0 saturated carbocycles. The van der Waals surface area contributed by atoms with Crippen LogP contribution in [0.1, 0.15) is 11.6 Å². The van der Waals surface area contributed by atoms with Gasteiger partial charge in [0.2, 0.25) is 11.7 Å². The molecule has 5 rings (SSSR count). The highest BCUT2D eigenvalue weighted by Crippen LogP contribution is 2.24. The molecule has 1 saturated heterocycles. The quantitative estimate of drug-likeness (QED) is 0.462. The summed E-state index contributed by atoms with van der Waals surface area (Å²) in [6, 6.07) is 12.4. The molecule has 1 aliphatic rings. The summed E-state index contributed by atoms with van der Waals surface area (Å²) < 4.78 is 5.44. The van der Waals surface area contributed by atoms with Gasteiger partial charge < -0.3 is 4.52 Å². The predicted octanol–water partition coefficient (Wildman–Crippen LogP) is 4.24. The Balaban J connectivity index is 1.13. The van der Waals surface area contributed by atoms with E-state index in [1.807, 2.05) is 22.9 Å². The van der Waals surface area contributed by atoms with Gasteiger partial charge in [0.15, 0.2) is 0 Å². The molecule has 1 fully saturated rings. The molecule has 0 N–H and O–H groups in total. The molecular formula is C21H21N5OS2. The van der Waals surface area contributed by atoms with Gasteiger partial charge in [-0.05, 0) is 11.4 Å². The molecule has 0 spiro atoms. The number of thiazole rings is 1. The second kappa shape index (κ2) is 8.54. The first-order chi connectivity index (χ1) is 14.3. The molecule has 0 radical (unpaired) electrons. The van der Waals surface area contributed by atoms with Gasteiger partial charge in [0.25, 0.3) is 0 Å². The van der Waals surface area contributed by atoms with Crippen molar-refractivity contribution >= 4 is 22.7 Å². The zero-order valence-corrected chi connectivity index (χ0v) is 17.5. The van der Waals surface area contributed by atoms with E-state index in [-0.39, 0.29) is 0 Å². The van der Waals surface area contributed by atoms with Crippen LogP contribution < -0.4 is 0 Å². The fraction of sp³-hybridized carbons (Fsp3) is 0.286. The van der Waals surface area contributed by atoms with E-state index < -0.39 is 0 Å². The molecule has 4 heterocycles. The monoisotopic (exact) mass is 423 g/mol. The summed E-state index contributed by atoms with van der Waals surface area (Å²) in [7, 11) is 0. The third kappa shape index (κ3) is 4.45. The first-order valence-electron chi connectivity index (χ1n) is 9.63. The van der Waals surface area contributed by atoms with Crippen LogP contribution >= 0.6 is 22.7 Å². The van der Waals surface area contributed by atoms with Gasteiger partial charge >= 0.3 is 0 Å². The van der Waals surface area contributed by atoms with Crippen molar-refractivity contribution in [1.29, 1.82) is 0 Å². The molecule has 0 aliphatic carbocycles. The Kier molecular flexibility index (Phi) is 5.49. The normalized spacial score (nSPS) is 15.7. The van der Waals surface area contributed by atoms with Gasteiger partial charge in [-0.15, -0.1) is 11.3 Å². The number of piperazine rings is 1. The van der Waals surface area contributed by atoms with Gasteiger partial charge in [0.05, 0.1) is 12.2 Å². The SMILES string of the molecule is c1ccc(-c2nc(CN3CCN(Cc4nc(-c5ccsc5)no4)CC3)cs2)cc1. The van der Waals surface area contributed by atoms with Crippen LogP contribution in [0.5, 0.6) is 0 Å². The average Bonchev–Trinajstić information content (AvgIpc) is 3.52. The van der Waals surface area contributed by atoms with Crippen LogP contribution in [0.4, 0.5) is 0 Å². The fourth-order valence-corrected chi connectivity index (χ4v) is 4.90. The molecule has 3 aromatic heterocycles. The van der Waals surface area contributed by atoms with Crippen molar-refractivity contribution in [3.63, 3.8) is 0 Å². The zero-order valence-electron chi connectivity index (χ0n) is 15.9. The van der Waals surface area contributed by atoms with Crippen molar-refractivity contribution in [2.45, 2.75) is 13.1 Å². The fourth-order valence-electron chi connectivity index (χ4n) is 3.45. The maximum absolute atomic E-state index is 5.44. The summed E-state index contributed by atoms with van der Waals surface area (Å²) in [5, 5.41) is 11.4. The third-order valence-corrected chi connectivity index (χ3v) is 6.65. The number of hydrogen-bond donors (Lipinski definition) is 0. The maximum atomic E-state index is 5.44. The van der Waals surface area contributed by atoms with E-state index in [1.54, 1.807) is 22.7 Å². The molecule has 29 heavy (non-hydrogen) atoms. The molecule has 148 valence electrons. The largest absolute Gasteiger partial charge is 0.338 e. The molecular weight excluding hydrogens is 402 g/mol. The summed E-state index contributed by atoms with van der Waals surface area (Å²) >= 11 is 3.36. The van der Waals surface area contributed by atoms with E-state index in [2.05, 4.69) is 49.6 Å². The van der Waals surface area contributed by atoms with Crippen LogP contribution in [0.25, 0.3) is 22.0 Å². The van der Waals surface area contributed by atoms with Crippen LogP contribution in [0, 0.1) is 0 Å². The van der Waals surface area contributed by atoms with E-state index in [9.17, 15) is 0 Å². The predicted molar refractivity (Wildman–Crippen MR) is 116 cm³/mol. The summed E-state index contributed by atoms with van der Waals surface area (Å²) in [6.07, 6.45) is 0. The molecule has 6 nitrogen and oxygen atoms in total. The summed E-state index contributed by atoms with van der Waals surface area (Å²) in [5.41, 5.74) is 3.36. The zero-order chi connectivity index (χ0) is 19.5. The highest BCUT2D eigenvalue weighted by Gasteiger charge is 2.20. The first-order valence-corrected chi connectivity index (χ1v) is 11.5. The van der Waals surface area contributed by atoms with Gasteiger partial charge in [0.1, 0.15) is 5.01 Å². The van der Waals surface area contributed by atoms with E-state index in [1.165, 1.54) is 5.56 Å². The number of rotatable bonds is 6. The molecule has 1 aromatic carbocycles. The minimum absolute atomic E-state index is 0.678. The van der Waals surface area contributed by atoms with Crippen molar-refractivity contribution in [3.8, 4) is 22.0 Å². The van der Waals surface area contributed by atoms with E-state index in [4.69, 9.17) is 9.51 Å². The molecule has 1 aliphatic heterocycles. The summed E-state index contributed by atoms with van der Waals surface area (Å²) in [6.45, 7) is 5.63. The smallest absolute Gasteiger partial charge is 0.241 e. The number of hydrogen-bond acceptors (Lipinski definition) is 8. The minimum Gasteiger partial charge on any atom is -0.338 e. The molecule has 8 heteroatoms. The van der Waals surface area contributed by atoms with Gasteiger partial charge in [-0.2, -0.15) is 16.3 Å². The van der Waals surface area contributed by atoms with Crippen molar-refractivity contribution in [2.75, 3.05) is 26.2 Å². The van der Waals surface area contributed by atoms with Crippen molar-refractivity contribution in [2.24, 2.45) is 0 Å². The van der Waals surface area contributed by atoms with Crippen LogP contribution in [-0.2, 0) is 13.1 Å². The lowest BCUT2D eigenvalue weighted by Gasteiger charge is -2.33. The van der Waals surface area contributed by atoms with Crippen LogP contribution in [0.3, 0.4) is 0 Å². The Hall–Kier alpha value is -2.39. The van der Waals surface area contributed by atoms with Crippen molar-refractivity contribution in [3.05, 3.63) is 64.1 Å². The van der Waals surface area contributed by atoms with E-state index >= 15 is 0 Å². The van der Waals surface area contributed by atoms with E-state index in [0.29, 0.717) is 18.3 Å². The molecule has 0 amide bonds. The van der Waals surface area contributed by atoms with Crippen LogP contribution in [0.15, 0.2) is 57.1 Å². The Bertz CT molecular complexity index is 1040. The Morgan fingerprint density at radius 3 is 2.41 bits per heavy atom. The highest BCUT2D eigenvalue weighted by molar-refractivity contribution is 7.13. The first kappa shape index (κ1) is 18.6. The van der Waals surface area contributed by atoms with E-state index in [0.717, 1.165) is 49.0 Å². The van der Waals surface area contributed by atoms with Gasteiger partial charge in [-0.25, -0.2) is 4.98 Å². The Morgan fingerprint density at radius 2 is 1.66 bits per heavy atom. The second-order valence-electron chi connectivity index (χ2n) is 7.09. The van der Waals surface area contributed by atoms with Crippen LogP contribution in [-0.4, -0.2) is 51.1 Å². The molecule has 4 aromatic rings. The van der Waals surface area contributed by atoms with Crippen LogP contribution in [0.2, 0.25) is 0 Å². The number of benzene rings is 1. The lowest BCUT2D eigenvalue weighted by molar-refractivity contribution is 0.111. The van der Waals surface area contributed by atoms with Crippen molar-refractivity contribution in [1.82, 2.24) is 24.9 Å². The second-order valence-corrected chi connectivity index (χ2v) is 8.72.